The lowest BCUT2D eigenvalue weighted by Gasteiger charge is -2.49. The Balaban J connectivity index is 1.95. The molecule has 0 radical (unpaired) electrons. The lowest BCUT2D eigenvalue weighted by Crippen LogP contribution is -2.51. The zero-order valence-corrected chi connectivity index (χ0v) is 17.6. The van der Waals surface area contributed by atoms with Crippen molar-refractivity contribution in [1.82, 2.24) is 0 Å². The molecule has 1 N–H and O–H groups in total. The van der Waals surface area contributed by atoms with Crippen molar-refractivity contribution in [1.29, 1.82) is 0 Å². The van der Waals surface area contributed by atoms with E-state index in [1.54, 1.807) is 0 Å². The SMILES string of the molecule is CC[C@H]1O[C@@](O)(c2ccc(C)c(Cc3ccc(C)cc3)c2)[C@H](C)[C@@H](C)[C@@H]1C. The molecule has 1 fully saturated rings. The molecule has 1 saturated heterocycles. The van der Waals surface area contributed by atoms with Crippen LogP contribution in [0.5, 0.6) is 0 Å². The molecule has 2 nitrogen and oxygen atoms in total. The van der Waals surface area contributed by atoms with Gasteiger partial charge < -0.3 is 9.84 Å². The quantitative estimate of drug-likeness (QED) is 0.746. The van der Waals surface area contributed by atoms with Gasteiger partial charge in [-0.25, -0.2) is 0 Å². The molecule has 2 aromatic carbocycles. The van der Waals surface area contributed by atoms with Crippen LogP contribution >= 0.6 is 0 Å². The summed E-state index contributed by atoms with van der Waals surface area (Å²) in [5.41, 5.74) is 5.95. The molecule has 0 aromatic heterocycles. The van der Waals surface area contributed by atoms with Gasteiger partial charge in [-0.1, -0.05) is 69.7 Å². The van der Waals surface area contributed by atoms with Crippen molar-refractivity contribution in [3.63, 3.8) is 0 Å². The van der Waals surface area contributed by atoms with Crippen molar-refractivity contribution < 1.29 is 9.84 Å². The Morgan fingerprint density at radius 3 is 2.26 bits per heavy atom. The molecular formula is C25H34O2. The van der Waals surface area contributed by atoms with Gasteiger partial charge in [-0.2, -0.15) is 0 Å². The van der Waals surface area contributed by atoms with Crippen LogP contribution in [-0.4, -0.2) is 11.2 Å². The maximum absolute atomic E-state index is 11.6. The molecule has 5 atom stereocenters. The second-order valence-corrected chi connectivity index (χ2v) is 8.57. The third-order valence-corrected chi connectivity index (χ3v) is 6.83. The van der Waals surface area contributed by atoms with Gasteiger partial charge in [0.15, 0.2) is 5.79 Å². The fourth-order valence-electron chi connectivity index (χ4n) is 4.39. The van der Waals surface area contributed by atoms with E-state index in [9.17, 15) is 5.11 Å². The monoisotopic (exact) mass is 366 g/mol. The largest absolute Gasteiger partial charge is 0.362 e. The summed E-state index contributed by atoms with van der Waals surface area (Å²) in [4.78, 5) is 0. The van der Waals surface area contributed by atoms with Crippen LogP contribution in [0.4, 0.5) is 0 Å². The number of hydrogen-bond donors (Lipinski definition) is 1. The minimum absolute atomic E-state index is 0.0465. The summed E-state index contributed by atoms with van der Waals surface area (Å²) in [6.07, 6.45) is 1.87. The smallest absolute Gasteiger partial charge is 0.195 e. The van der Waals surface area contributed by atoms with Gasteiger partial charge >= 0.3 is 0 Å². The maximum atomic E-state index is 11.6. The van der Waals surface area contributed by atoms with Crippen LogP contribution in [0.1, 0.15) is 61.9 Å². The second-order valence-electron chi connectivity index (χ2n) is 8.57. The number of benzene rings is 2. The van der Waals surface area contributed by atoms with Gasteiger partial charge in [0, 0.05) is 11.5 Å². The Kier molecular flexibility index (Phi) is 5.79. The van der Waals surface area contributed by atoms with Crippen LogP contribution < -0.4 is 0 Å². The van der Waals surface area contributed by atoms with Gasteiger partial charge in [-0.05, 0) is 61.3 Å². The molecule has 0 aliphatic carbocycles. The fourth-order valence-corrected chi connectivity index (χ4v) is 4.39. The van der Waals surface area contributed by atoms with Crippen LogP contribution in [-0.2, 0) is 16.9 Å². The second kappa shape index (κ2) is 7.77. The Labute approximate surface area is 164 Å². The lowest BCUT2D eigenvalue weighted by atomic mass is 9.72. The highest BCUT2D eigenvalue weighted by atomic mass is 16.6. The van der Waals surface area contributed by atoms with Crippen LogP contribution in [0, 0.1) is 31.6 Å². The predicted molar refractivity (Wildman–Crippen MR) is 112 cm³/mol. The first-order chi connectivity index (χ1) is 12.8. The number of rotatable bonds is 4. The number of hydrogen-bond acceptors (Lipinski definition) is 2. The van der Waals surface area contributed by atoms with Crippen LogP contribution in [0.3, 0.4) is 0 Å². The van der Waals surface area contributed by atoms with Crippen molar-refractivity contribution >= 4 is 0 Å². The summed E-state index contributed by atoms with van der Waals surface area (Å²) in [7, 11) is 0. The first-order valence-electron chi connectivity index (χ1n) is 10.3. The first-order valence-corrected chi connectivity index (χ1v) is 10.3. The van der Waals surface area contributed by atoms with Crippen LogP contribution in [0.2, 0.25) is 0 Å². The molecule has 2 heteroatoms. The van der Waals surface area contributed by atoms with Crippen molar-refractivity contribution in [2.75, 3.05) is 0 Å². The van der Waals surface area contributed by atoms with E-state index >= 15 is 0 Å². The molecule has 0 spiro atoms. The minimum Gasteiger partial charge on any atom is -0.362 e. The Hall–Kier alpha value is -1.64. The van der Waals surface area contributed by atoms with E-state index in [2.05, 4.69) is 77.9 Å². The third-order valence-electron chi connectivity index (χ3n) is 6.83. The Bertz CT molecular complexity index is 777. The number of ether oxygens (including phenoxy) is 1. The van der Waals surface area contributed by atoms with E-state index in [0.29, 0.717) is 11.8 Å². The van der Waals surface area contributed by atoms with Gasteiger partial charge in [0.25, 0.3) is 0 Å². The average molecular weight is 367 g/mol. The van der Waals surface area contributed by atoms with E-state index in [1.807, 2.05) is 6.07 Å². The zero-order valence-electron chi connectivity index (χ0n) is 17.6. The molecule has 146 valence electrons. The minimum atomic E-state index is -1.22. The predicted octanol–water partition coefficient (Wildman–Crippen LogP) is 5.76. The fraction of sp³-hybridized carbons (Fsp3) is 0.520. The van der Waals surface area contributed by atoms with Gasteiger partial charge in [-0.15, -0.1) is 0 Å². The van der Waals surface area contributed by atoms with E-state index in [0.717, 1.165) is 18.4 Å². The molecule has 1 aliphatic heterocycles. The van der Waals surface area contributed by atoms with Crippen molar-refractivity contribution in [2.24, 2.45) is 17.8 Å². The molecule has 1 heterocycles. The average Bonchev–Trinajstić information content (AvgIpc) is 2.66. The van der Waals surface area contributed by atoms with Crippen molar-refractivity contribution in [3.05, 3.63) is 70.3 Å². The van der Waals surface area contributed by atoms with Crippen molar-refractivity contribution in [2.45, 2.75) is 66.3 Å². The topological polar surface area (TPSA) is 29.5 Å². The molecular weight excluding hydrogens is 332 g/mol. The summed E-state index contributed by atoms with van der Waals surface area (Å²) in [5, 5.41) is 11.6. The molecule has 27 heavy (non-hydrogen) atoms. The van der Waals surface area contributed by atoms with Gasteiger partial charge in [-0.3, -0.25) is 0 Å². The molecule has 2 aromatic rings. The normalized spacial score (nSPS) is 31.1. The van der Waals surface area contributed by atoms with Gasteiger partial charge in [0.05, 0.1) is 6.10 Å². The molecule has 0 unspecified atom stereocenters. The highest BCUT2D eigenvalue weighted by molar-refractivity contribution is 5.38. The van der Waals surface area contributed by atoms with E-state index in [-0.39, 0.29) is 12.0 Å². The maximum Gasteiger partial charge on any atom is 0.195 e. The molecule has 3 rings (SSSR count). The highest BCUT2D eigenvalue weighted by Crippen LogP contribution is 2.46. The van der Waals surface area contributed by atoms with E-state index < -0.39 is 5.79 Å². The summed E-state index contributed by atoms with van der Waals surface area (Å²) in [6, 6.07) is 15.0. The van der Waals surface area contributed by atoms with Gasteiger partial charge in [0.1, 0.15) is 0 Å². The van der Waals surface area contributed by atoms with Gasteiger partial charge in [0.2, 0.25) is 0 Å². The van der Waals surface area contributed by atoms with Crippen LogP contribution in [0.15, 0.2) is 42.5 Å². The molecule has 0 amide bonds. The van der Waals surface area contributed by atoms with E-state index in [1.165, 1.54) is 22.3 Å². The summed E-state index contributed by atoms with van der Waals surface area (Å²) in [5.74, 6) is -0.328. The zero-order chi connectivity index (χ0) is 19.8. The van der Waals surface area contributed by atoms with E-state index in [4.69, 9.17) is 4.74 Å². The molecule has 0 saturated carbocycles. The summed E-state index contributed by atoms with van der Waals surface area (Å²) in [6.45, 7) is 13.0. The molecule has 1 aliphatic rings. The standard InChI is InChI=1S/C25H34O2/c1-7-24-19(5)18(4)20(6)25(26,27-24)23-13-10-17(3)22(15-23)14-21-11-8-16(2)9-12-21/h8-13,15,18-20,24,26H,7,14H2,1-6H3/t18-,19-,20+,24+,25+/m0/s1. The Morgan fingerprint density at radius 2 is 1.63 bits per heavy atom. The summed E-state index contributed by atoms with van der Waals surface area (Å²) >= 11 is 0. The lowest BCUT2D eigenvalue weighted by molar-refractivity contribution is -0.316. The van der Waals surface area contributed by atoms with Crippen molar-refractivity contribution in [3.8, 4) is 0 Å². The summed E-state index contributed by atoms with van der Waals surface area (Å²) < 4.78 is 6.32. The molecule has 0 bridgehead atoms. The highest BCUT2D eigenvalue weighted by Gasteiger charge is 2.49. The third kappa shape index (κ3) is 3.83. The Morgan fingerprint density at radius 1 is 0.963 bits per heavy atom. The van der Waals surface area contributed by atoms with Crippen LogP contribution in [0.25, 0.3) is 0 Å². The number of aryl methyl sites for hydroxylation is 2. The number of aliphatic hydroxyl groups is 1. The first kappa shape index (κ1) is 20.1.